The van der Waals surface area contributed by atoms with Crippen molar-refractivity contribution in [2.45, 2.75) is 44.7 Å². The minimum atomic E-state index is -0.264. The summed E-state index contributed by atoms with van der Waals surface area (Å²) in [6, 6.07) is 5.74. The number of amides is 2. The summed E-state index contributed by atoms with van der Waals surface area (Å²) in [7, 11) is 1.64. The zero-order valence-corrected chi connectivity index (χ0v) is 15.0. The maximum absolute atomic E-state index is 12.8. The molecule has 0 aromatic heterocycles. The van der Waals surface area contributed by atoms with Gasteiger partial charge in [-0.2, -0.15) is 0 Å². The van der Waals surface area contributed by atoms with Crippen LogP contribution in [-0.2, 0) is 16.0 Å². The van der Waals surface area contributed by atoms with Gasteiger partial charge >= 0.3 is 0 Å². The molecule has 2 amide bonds. The molecule has 1 aromatic rings. The number of anilines is 1. The molecule has 3 atom stereocenters. The van der Waals surface area contributed by atoms with Crippen LogP contribution in [0.3, 0.4) is 0 Å². The number of aryl methyl sites for hydroxylation is 1. The van der Waals surface area contributed by atoms with Crippen molar-refractivity contribution in [1.82, 2.24) is 16.0 Å². The number of benzene rings is 1. The summed E-state index contributed by atoms with van der Waals surface area (Å²) in [6.45, 7) is 3.91. The maximum Gasteiger partial charge on any atom is 0.243 e. The van der Waals surface area contributed by atoms with E-state index < -0.39 is 0 Å². The van der Waals surface area contributed by atoms with Crippen LogP contribution < -0.4 is 21.3 Å². The standard InChI is InChI=1S/C19H28N4O2/c1-12-5-3-6-13-9-16(22-18(12)13)19(25)23-15(10-17(24)20-2)14-7-4-8-21-11-14/h3,5-6,14-16,21-22H,4,7-11H2,1-2H3,(H,20,24)(H,23,25). The molecule has 0 bridgehead atoms. The summed E-state index contributed by atoms with van der Waals surface area (Å²) in [6.07, 6.45) is 3.13. The number of para-hydroxylation sites is 1. The van der Waals surface area contributed by atoms with E-state index in [-0.39, 0.29) is 23.9 Å². The molecule has 1 saturated heterocycles. The van der Waals surface area contributed by atoms with Crippen molar-refractivity contribution in [3.05, 3.63) is 29.3 Å². The molecule has 2 heterocycles. The van der Waals surface area contributed by atoms with Crippen LogP contribution in [0.1, 0.15) is 30.4 Å². The predicted octanol–water partition coefficient (Wildman–Crippen LogP) is 0.952. The third-order valence-electron chi connectivity index (χ3n) is 5.33. The van der Waals surface area contributed by atoms with E-state index in [1.165, 1.54) is 5.56 Å². The number of hydrogen-bond acceptors (Lipinski definition) is 4. The van der Waals surface area contributed by atoms with Gasteiger partial charge in [0.1, 0.15) is 6.04 Å². The van der Waals surface area contributed by atoms with Gasteiger partial charge in [0.25, 0.3) is 0 Å². The van der Waals surface area contributed by atoms with Crippen LogP contribution in [0, 0.1) is 12.8 Å². The fraction of sp³-hybridized carbons (Fsp3) is 0.579. The molecule has 136 valence electrons. The Bertz CT molecular complexity index is 640. The van der Waals surface area contributed by atoms with Crippen molar-refractivity contribution in [2.75, 3.05) is 25.5 Å². The lowest BCUT2D eigenvalue weighted by molar-refractivity contribution is -0.124. The predicted molar refractivity (Wildman–Crippen MR) is 98.5 cm³/mol. The van der Waals surface area contributed by atoms with E-state index in [0.717, 1.165) is 37.2 Å². The van der Waals surface area contributed by atoms with E-state index in [1.54, 1.807) is 7.05 Å². The highest BCUT2D eigenvalue weighted by atomic mass is 16.2. The maximum atomic E-state index is 12.8. The quantitative estimate of drug-likeness (QED) is 0.641. The van der Waals surface area contributed by atoms with Crippen LogP contribution >= 0.6 is 0 Å². The van der Waals surface area contributed by atoms with Gasteiger partial charge in [-0.3, -0.25) is 9.59 Å². The third kappa shape index (κ3) is 4.12. The molecule has 2 aliphatic rings. The molecule has 0 saturated carbocycles. The fourth-order valence-corrected chi connectivity index (χ4v) is 3.85. The smallest absolute Gasteiger partial charge is 0.243 e. The van der Waals surface area contributed by atoms with Gasteiger partial charge in [0.05, 0.1) is 0 Å². The second kappa shape index (κ2) is 7.87. The highest BCUT2D eigenvalue weighted by molar-refractivity contribution is 5.88. The van der Waals surface area contributed by atoms with Crippen molar-refractivity contribution in [1.29, 1.82) is 0 Å². The first-order chi connectivity index (χ1) is 12.1. The van der Waals surface area contributed by atoms with E-state index in [2.05, 4.69) is 27.3 Å². The number of carbonyl (C=O) groups excluding carboxylic acids is 2. The summed E-state index contributed by atoms with van der Waals surface area (Å²) >= 11 is 0. The van der Waals surface area contributed by atoms with Gasteiger partial charge in [-0.25, -0.2) is 0 Å². The summed E-state index contributed by atoms with van der Waals surface area (Å²) in [5.41, 5.74) is 3.42. The Morgan fingerprint density at radius 3 is 2.88 bits per heavy atom. The molecule has 6 heteroatoms. The Kier molecular flexibility index (Phi) is 5.58. The molecule has 6 nitrogen and oxygen atoms in total. The zero-order chi connectivity index (χ0) is 17.8. The Balaban J connectivity index is 1.66. The Morgan fingerprint density at radius 2 is 2.20 bits per heavy atom. The SMILES string of the molecule is CNC(=O)CC(NC(=O)C1Cc2cccc(C)c2N1)C1CCCNC1. The molecular formula is C19H28N4O2. The molecule has 2 aliphatic heterocycles. The van der Waals surface area contributed by atoms with Crippen LogP contribution in [0.15, 0.2) is 18.2 Å². The first-order valence-electron chi connectivity index (χ1n) is 9.15. The van der Waals surface area contributed by atoms with E-state index in [4.69, 9.17) is 0 Å². The van der Waals surface area contributed by atoms with Crippen LogP contribution in [0.4, 0.5) is 5.69 Å². The van der Waals surface area contributed by atoms with Crippen molar-refractivity contribution in [2.24, 2.45) is 5.92 Å². The third-order valence-corrected chi connectivity index (χ3v) is 5.33. The van der Waals surface area contributed by atoms with Gasteiger partial charge < -0.3 is 21.3 Å². The summed E-state index contributed by atoms with van der Waals surface area (Å²) < 4.78 is 0. The van der Waals surface area contributed by atoms with E-state index in [0.29, 0.717) is 18.8 Å². The number of carbonyl (C=O) groups is 2. The van der Waals surface area contributed by atoms with Gasteiger partial charge in [0.15, 0.2) is 0 Å². The zero-order valence-electron chi connectivity index (χ0n) is 15.0. The Labute approximate surface area is 149 Å². The molecule has 3 rings (SSSR count). The van der Waals surface area contributed by atoms with Crippen molar-refractivity contribution in [3.8, 4) is 0 Å². The van der Waals surface area contributed by atoms with Gasteiger partial charge in [-0.15, -0.1) is 0 Å². The molecular weight excluding hydrogens is 316 g/mol. The van der Waals surface area contributed by atoms with E-state index in [1.807, 2.05) is 19.1 Å². The van der Waals surface area contributed by atoms with Crippen LogP contribution in [0.5, 0.6) is 0 Å². The highest BCUT2D eigenvalue weighted by Gasteiger charge is 2.32. The molecule has 1 aromatic carbocycles. The average molecular weight is 344 g/mol. The number of rotatable bonds is 5. The molecule has 1 fully saturated rings. The number of fused-ring (bicyclic) bond motifs is 1. The molecule has 25 heavy (non-hydrogen) atoms. The van der Waals surface area contributed by atoms with Gasteiger partial charge in [0, 0.05) is 31.6 Å². The first kappa shape index (κ1) is 17.7. The number of piperidine rings is 1. The van der Waals surface area contributed by atoms with Crippen molar-refractivity contribution in [3.63, 3.8) is 0 Å². The van der Waals surface area contributed by atoms with E-state index in [9.17, 15) is 9.59 Å². The van der Waals surface area contributed by atoms with Crippen LogP contribution in [0.25, 0.3) is 0 Å². The molecule has 0 radical (unpaired) electrons. The second-order valence-electron chi connectivity index (χ2n) is 7.11. The van der Waals surface area contributed by atoms with E-state index >= 15 is 0 Å². The normalized spacial score (nSPS) is 23.3. The average Bonchev–Trinajstić information content (AvgIpc) is 3.07. The van der Waals surface area contributed by atoms with Crippen LogP contribution in [0.2, 0.25) is 0 Å². The summed E-state index contributed by atoms with van der Waals surface area (Å²) in [5.74, 6) is 0.241. The Hall–Kier alpha value is -2.08. The van der Waals surface area contributed by atoms with Gasteiger partial charge in [-0.05, 0) is 49.9 Å². The Morgan fingerprint density at radius 1 is 1.36 bits per heavy atom. The van der Waals surface area contributed by atoms with Crippen molar-refractivity contribution >= 4 is 17.5 Å². The lowest BCUT2D eigenvalue weighted by Crippen LogP contribution is -2.51. The highest BCUT2D eigenvalue weighted by Crippen LogP contribution is 2.29. The van der Waals surface area contributed by atoms with Crippen LogP contribution in [-0.4, -0.2) is 44.0 Å². The number of hydrogen-bond donors (Lipinski definition) is 4. The fourth-order valence-electron chi connectivity index (χ4n) is 3.85. The lowest BCUT2D eigenvalue weighted by Gasteiger charge is -2.31. The summed E-state index contributed by atoms with van der Waals surface area (Å²) in [5, 5.41) is 12.5. The van der Waals surface area contributed by atoms with Crippen molar-refractivity contribution < 1.29 is 9.59 Å². The lowest BCUT2D eigenvalue weighted by atomic mass is 9.89. The monoisotopic (exact) mass is 344 g/mol. The summed E-state index contributed by atoms with van der Waals surface area (Å²) in [4.78, 5) is 24.7. The number of nitrogens with one attached hydrogen (secondary N) is 4. The molecule has 0 aliphatic carbocycles. The molecule has 4 N–H and O–H groups in total. The van der Waals surface area contributed by atoms with Gasteiger partial charge in [-0.1, -0.05) is 18.2 Å². The topological polar surface area (TPSA) is 82.3 Å². The molecule has 0 spiro atoms. The second-order valence-corrected chi connectivity index (χ2v) is 7.11. The molecule has 3 unspecified atom stereocenters. The van der Waals surface area contributed by atoms with Gasteiger partial charge in [0.2, 0.25) is 11.8 Å². The largest absolute Gasteiger partial charge is 0.373 e. The minimum absolute atomic E-state index is 0.0184. The minimum Gasteiger partial charge on any atom is -0.373 e. The first-order valence-corrected chi connectivity index (χ1v) is 9.15.